The van der Waals surface area contributed by atoms with Crippen LogP contribution in [0.25, 0.3) is 0 Å². The van der Waals surface area contributed by atoms with Gasteiger partial charge >= 0.3 is 0 Å². The first-order valence-electron chi connectivity index (χ1n) is 6.62. The van der Waals surface area contributed by atoms with Gasteiger partial charge in [-0.1, -0.05) is 24.3 Å². The van der Waals surface area contributed by atoms with Crippen LogP contribution in [0.15, 0.2) is 24.3 Å². The smallest absolute Gasteiger partial charge is 0.224 e. The molecule has 2 aliphatic rings. The van der Waals surface area contributed by atoms with Gasteiger partial charge in [0, 0.05) is 18.9 Å². The molecule has 1 saturated carbocycles. The lowest BCUT2D eigenvalue weighted by molar-refractivity contribution is -0.122. The van der Waals surface area contributed by atoms with Crippen LogP contribution in [-0.2, 0) is 11.2 Å². The molecular formula is C16H17NO. The Kier molecular flexibility index (Phi) is 2.83. The van der Waals surface area contributed by atoms with E-state index in [0.29, 0.717) is 24.8 Å². The summed E-state index contributed by atoms with van der Waals surface area (Å²) >= 11 is 0. The molecule has 0 saturated heterocycles. The first kappa shape index (κ1) is 11.3. The average Bonchev–Trinajstić information content (AvgIpc) is 3.14. The highest BCUT2D eigenvalue weighted by Gasteiger charge is 2.56. The van der Waals surface area contributed by atoms with Crippen molar-refractivity contribution >= 4 is 5.91 Å². The van der Waals surface area contributed by atoms with Crippen molar-refractivity contribution in [1.82, 2.24) is 5.32 Å². The van der Waals surface area contributed by atoms with E-state index in [1.165, 1.54) is 11.1 Å². The van der Waals surface area contributed by atoms with Gasteiger partial charge in [0.25, 0.3) is 0 Å². The Labute approximate surface area is 108 Å². The topological polar surface area (TPSA) is 29.1 Å². The lowest BCUT2D eigenvalue weighted by Gasteiger charge is -2.13. The van der Waals surface area contributed by atoms with E-state index in [4.69, 9.17) is 6.42 Å². The summed E-state index contributed by atoms with van der Waals surface area (Å²) in [5.41, 5.74) is 2.82. The van der Waals surface area contributed by atoms with Crippen molar-refractivity contribution in [1.29, 1.82) is 0 Å². The zero-order valence-corrected chi connectivity index (χ0v) is 10.4. The maximum Gasteiger partial charge on any atom is 0.224 e. The van der Waals surface area contributed by atoms with Crippen LogP contribution in [0.1, 0.15) is 29.9 Å². The lowest BCUT2D eigenvalue weighted by Crippen LogP contribution is -2.26. The molecule has 3 atom stereocenters. The fraction of sp³-hybridized carbons (Fsp3) is 0.438. The lowest BCUT2D eigenvalue weighted by atomic mass is 9.92. The van der Waals surface area contributed by atoms with E-state index in [-0.39, 0.29) is 11.8 Å². The zero-order chi connectivity index (χ0) is 12.5. The second-order valence-electron chi connectivity index (χ2n) is 5.20. The van der Waals surface area contributed by atoms with Crippen molar-refractivity contribution in [2.75, 3.05) is 6.54 Å². The predicted octanol–water partition coefficient (Wildman–Crippen LogP) is 2.10. The molecule has 3 rings (SSSR count). The number of rotatable bonds is 3. The Morgan fingerprint density at radius 3 is 3.11 bits per heavy atom. The van der Waals surface area contributed by atoms with Crippen molar-refractivity contribution in [3.63, 3.8) is 0 Å². The van der Waals surface area contributed by atoms with Gasteiger partial charge in [0.1, 0.15) is 0 Å². The summed E-state index contributed by atoms with van der Waals surface area (Å²) in [6.07, 6.45) is 8.07. The van der Waals surface area contributed by atoms with Gasteiger partial charge in [0.2, 0.25) is 5.91 Å². The van der Waals surface area contributed by atoms with Crippen LogP contribution in [0.3, 0.4) is 0 Å². The number of hydrogen-bond acceptors (Lipinski definition) is 1. The zero-order valence-electron chi connectivity index (χ0n) is 10.4. The van der Waals surface area contributed by atoms with Crippen molar-refractivity contribution in [3.8, 4) is 12.3 Å². The average molecular weight is 239 g/mol. The number of amides is 1. The van der Waals surface area contributed by atoms with Gasteiger partial charge in [0.05, 0.1) is 0 Å². The monoisotopic (exact) mass is 239 g/mol. The van der Waals surface area contributed by atoms with E-state index in [1.54, 1.807) is 0 Å². The Hall–Kier alpha value is -1.75. The van der Waals surface area contributed by atoms with Crippen molar-refractivity contribution in [3.05, 3.63) is 35.4 Å². The largest absolute Gasteiger partial charge is 0.355 e. The van der Waals surface area contributed by atoms with Crippen LogP contribution in [0.2, 0.25) is 0 Å². The fourth-order valence-electron chi connectivity index (χ4n) is 3.30. The van der Waals surface area contributed by atoms with Gasteiger partial charge in [-0.3, -0.25) is 4.79 Å². The van der Waals surface area contributed by atoms with E-state index in [2.05, 4.69) is 35.5 Å². The van der Waals surface area contributed by atoms with Crippen LogP contribution in [-0.4, -0.2) is 12.5 Å². The van der Waals surface area contributed by atoms with Crippen LogP contribution in [0.5, 0.6) is 0 Å². The van der Waals surface area contributed by atoms with Crippen molar-refractivity contribution < 1.29 is 4.79 Å². The maximum atomic E-state index is 12.1. The highest BCUT2D eigenvalue weighted by molar-refractivity contribution is 5.84. The molecule has 1 aromatic rings. The third-order valence-electron chi connectivity index (χ3n) is 4.20. The highest BCUT2D eigenvalue weighted by atomic mass is 16.2. The molecule has 0 heterocycles. The molecule has 3 unspecified atom stereocenters. The molecule has 1 N–H and O–H groups in total. The Balaban J connectivity index is 1.69. The summed E-state index contributed by atoms with van der Waals surface area (Å²) in [6, 6.07) is 8.54. The number of carbonyl (C=O) groups excluding carboxylic acids is 1. The minimum absolute atomic E-state index is 0.187. The molecule has 1 fully saturated rings. The maximum absolute atomic E-state index is 12.1. The van der Waals surface area contributed by atoms with Crippen LogP contribution in [0, 0.1) is 24.2 Å². The predicted molar refractivity (Wildman–Crippen MR) is 70.9 cm³/mol. The molecule has 0 radical (unpaired) electrons. The molecule has 18 heavy (non-hydrogen) atoms. The van der Waals surface area contributed by atoms with Gasteiger partial charge < -0.3 is 5.32 Å². The molecule has 0 aromatic heterocycles. The molecule has 92 valence electrons. The summed E-state index contributed by atoms with van der Waals surface area (Å²) in [4.78, 5) is 12.1. The molecule has 2 nitrogen and oxygen atoms in total. The minimum Gasteiger partial charge on any atom is -0.355 e. The number of carbonyl (C=O) groups is 1. The van der Waals surface area contributed by atoms with Crippen molar-refractivity contribution in [2.45, 2.75) is 25.2 Å². The molecule has 0 spiro atoms. The first-order valence-corrected chi connectivity index (χ1v) is 6.62. The Morgan fingerprint density at radius 1 is 1.44 bits per heavy atom. The number of nitrogens with one attached hydrogen (secondary N) is 1. The second kappa shape index (κ2) is 4.49. The van der Waals surface area contributed by atoms with Gasteiger partial charge in [-0.05, 0) is 35.8 Å². The van der Waals surface area contributed by atoms with E-state index in [1.807, 2.05) is 0 Å². The molecule has 1 aromatic carbocycles. The molecule has 2 aliphatic carbocycles. The first-order chi connectivity index (χ1) is 8.83. The minimum atomic E-state index is 0.187. The highest BCUT2D eigenvalue weighted by Crippen LogP contribution is 2.59. The van der Waals surface area contributed by atoms with Crippen LogP contribution < -0.4 is 5.32 Å². The van der Waals surface area contributed by atoms with Gasteiger partial charge in [-0.25, -0.2) is 0 Å². The molecule has 2 heteroatoms. The standard InChI is InChI=1S/C16H17NO/c1-2-3-10-17-16(18)15-13-9-8-11-6-4-5-7-12(11)14(13)15/h1,4-7,13-15H,3,8-10H2,(H,17,18). The number of fused-ring (bicyclic) bond motifs is 3. The Morgan fingerprint density at radius 2 is 2.28 bits per heavy atom. The summed E-state index contributed by atoms with van der Waals surface area (Å²) in [7, 11) is 0. The van der Waals surface area contributed by atoms with Crippen LogP contribution >= 0.6 is 0 Å². The SMILES string of the molecule is C#CCCNC(=O)C1C2CCc3ccccc3C21. The normalized spacial score (nSPS) is 27.6. The third-order valence-corrected chi connectivity index (χ3v) is 4.20. The number of benzene rings is 1. The summed E-state index contributed by atoms with van der Waals surface area (Å²) in [5.74, 6) is 3.94. The third kappa shape index (κ3) is 1.80. The Bertz CT molecular complexity index is 514. The van der Waals surface area contributed by atoms with Gasteiger partial charge in [-0.2, -0.15) is 0 Å². The van der Waals surface area contributed by atoms with Gasteiger partial charge in [0.15, 0.2) is 0 Å². The van der Waals surface area contributed by atoms with E-state index in [9.17, 15) is 4.79 Å². The number of terminal acetylenes is 1. The van der Waals surface area contributed by atoms with E-state index in [0.717, 1.165) is 12.8 Å². The number of hydrogen-bond donors (Lipinski definition) is 1. The summed E-state index contributed by atoms with van der Waals surface area (Å²) in [5, 5.41) is 2.95. The second-order valence-corrected chi connectivity index (χ2v) is 5.20. The molecule has 0 aliphatic heterocycles. The fourth-order valence-corrected chi connectivity index (χ4v) is 3.30. The molecule has 0 bridgehead atoms. The summed E-state index contributed by atoms with van der Waals surface area (Å²) < 4.78 is 0. The van der Waals surface area contributed by atoms with E-state index < -0.39 is 0 Å². The van der Waals surface area contributed by atoms with Crippen molar-refractivity contribution in [2.24, 2.45) is 11.8 Å². The summed E-state index contributed by atoms with van der Waals surface area (Å²) in [6.45, 7) is 0.604. The number of aryl methyl sites for hydroxylation is 1. The quantitative estimate of drug-likeness (QED) is 0.635. The molecule has 1 amide bonds. The van der Waals surface area contributed by atoms with E-state index >= 15 is 0 Å². The van der Waals surface area contributed by atoms with Crippen LogP contribution in [0.4, 0.5) is 0 Å². The van der Waals surface area contributed by atoms with Gasteiger partial charge in [-0.15, -0.1) is 12.3 Å². The molecular weight excluding hydrogens is 222 g/mol.